The van der Waals surface area contributed by atoms with E-state index >= 15 is 0 Å². The van der Waals surface area contributed by atoms with Crippen molar-refractivity contribution in [3.8, 4) is 0 Å². The number of rotatable bonds is 4. The molecule has 0 aliphatic carbocycles. The smallest absolute Gasteiger partial charge is 0.361 e. The molecule has 0 aliphatic rings. The second-order valence-electron chi connectivity index (χ2n) is 3.80. The van der Waals surface area contributed by atoms with Crippen LogP contribution in [0.1, 0.15) is 23.1 Å². The van der Waals surface area contributed by atoms with E-state index in [-0.39, 0.29) is 5.69 Å². The van der Waals surface area contributed by atoms with Crippen molar-refractivity contribution in [2.45, 2.75) is 13.8 Å². The molecule has 0 saturated carbocycles. The Labute approximate surface area is 110 Å². The Kier molecular flexibility index (Phi) is 4.02. The van der Waals surface area contributed by atoms with E-state index in [0.29, 0.717) is 23.7 Å². The number of ether oxygens (including phenoxy) is 1. The number of carbonyl (C=O) groups is 1. The third kappa shape index (κ3) is 3.04. The molecular weight excluding hydrogens is 244 g/mol. The largest absolute Gasteiger partial charge is 0.461 e. The number of hydrogen-bond acceptors (Lipinski definition) is 5. The minimum atomic E-state index is -0.506. The van der Waals surface area contributed by atoms with Crippen molar-refractivity contribution in [1.29, 1.82) is 0 Å². The quantitative estimate of drug-likeness (QED) is 0.674. The predicted octanol–water partition coefficient (Wildman–Crippen LogP) is 3.31. The van der Waals surface area contributed by atoms with E-state index in [1.165, 1.54) is 0 Å². The molecule has 6 nitrogen and oxygen atoms in total. The first-order valence-electron chi connectivity index (χ1n) is 5.91. The first kappa shape index (κ1) is 12.9. The summed E-state index contributed by atoms with van der Waals surface area (Å²) in [6.07, 6.45) is 0. The zero-order valence-electron chi connectivity index (χ0n) is 10.8. The standard InChI is InChI=1S/C13H14N4O2/c1-3-19-13(18)12-11(9(2)14-17-12)16-15-10-7-5-4-6-8-10/h4-8H,3H2,1-2H3,(H,14,17). The zero-order valence-corrected chi connectivity index (χ0v) is 10.8. The van der Waals surface area contributed by atoms with Crippen LogP contribution in [0.15, 0.2) is 40.6 Å². The maximum atomic E-state index is 11.7. The van der Waals surface area contributed by atoms with Gasteiger partial charge in [0, 0.05) is 0 Å². The van der Waals surface area contributed by atoms with Gasteiger partial charge in [-0.1, -0.05) is 18.2 Å². The summed E-state index contributed by atoms with van der Waals surface area (Å²) in [4.78, 5) is 11.7. The van der Waals surface area contributed by atoms with Gasteiger partial charge in [0.2, 0.25) is 0 Å². The highest BCUT2D eigenvalue weighted by molar-refractivity contribution is 5.93. The van der Waals surface area contributed by atoms with E-state index in [1.54, 1.807) is 13.8 Å². The minimum absolute atomic E-state index is 0.152. The van der Waals surface area contributed by atoms with Crippen LogP contribution in [0, 0.1) is 6.92 Å². The van der Waals surface area contributed by atoms with E-state index in [2.05, 4.69) is 20.4 Å². The van der Waals surface area contributed by atoms with Gasteiger partial charge in [0.1, 0.15) is 5.69 Å². The number of nitrogens with zero attached hydrogens (tertiary/aromatic N) is 3. The molecule has 0 spiro atoms. The fraction of sp³-hybridized carbons (Fsp3) is 0.231. The van der Waals surface area contributed by atoms with Crippen LogP contribution in [0.5, 0.6) is 0 Å². The summed E-state index contributed by atoms with van der Waals surface area (Å²) >= 11 is 0. The predicted molar refractivity (Wildman–Crippen MR) is 69.9 cm³/mol. The summed E-state index contributed by atoms with van der Waals surface area (Å²) in [5.74, 6) is -0.506. The van der Waals surface area contributed by atoms with Gasteiger partial charge in [0.05, 0.1) is 18.0 Å². The van der Waals surface area contributed by atoms with E-state index in [1.807, 2.05) is 30.3 Å². The third-order valence-corrected chi connectivity index (χ3v) is 2.41. The van der Waals surface area contributed by atoms with Crippen LogP contribution >= 0.6 is 0 Å². The summed E-state index contributed by atoms with van der Waals surface area (Å²) in [5.41, 5.74) is 1.93. The van der Waals surface area contributed by atoms with E-state index in [9.17, 15) is 4.79 Å². The zero-order chi connectivity index (χ0) is 13.7. The normalized spacial score (nSPS) is 10.8. The van der Waals surface area contributed by atoms with Crippen molar-refractivity contribution in [1.82, 2.24) is 10.2 Å². The Morgan fingerprint density at radius 3 is 2.74 bits per heavy atom. The molecule has 19 heavy (non-hydrogen) atoms. The average molecular weight is 258 g/mol. The summed E-state index contributed by atoms with van der Waals surface area (Å²) in [5, 5.41) is 14.7. The monoisotopic (exact) mass is 258 g/mol. The molecule has 98 valence electrons. The molecule has 0 bridgehead atoms. The fourth-order valence-corrected chi connectivity index (χ4v) is 1.49. The number of aryl methyl sites for hydroxylation is 1. The van der Waals surface area contributed by atoms with Gasteiger partial charge >= 0.3 is 5.97 Å². The average Bonchev–Trinajstić information content (AvgIpc) is 2.79. The molecule has 6 heteroatoms. The summed E-state index contributed by atoms with van der Waals surface area (Å²) < 4.78 is 4.91. The number of azo groups is 1. The Bertz CT molecular complexity index is 590. The number of nitrogens with one attached hydrogen (secondary N) is 1. The third-order valence-electron chi connectivity index (χ3n) is 2.41. The van der Waals surface area contributed by atoms with E-state index in [0.717, 1.165) is 0 Å². The van der Waals surface area contributed by atoms with Gasteiger partial charge in [0.25, 0.3) is 0 Å². The van der Waals surface area contributed by atoms with Crippen LogP contribution in [-0.2, 0) is 4.74 Å². The molecule has 0 amide bonds. The minimum Gasteiger partial charge on any atom is -0.461 e. The molecule has 0 unspecified atom stereocenters. The lowest BCUT2D eigenvalue weighted by Gasteiger charge is -1.98. The molecule has 0 atom stereocenters. The highest BCUT2D eigenvalue weighted by atomic mass is 16.5. The van der Waals surface area contributed by atoms with Gasteiger partial charge in [0.15, 0.2) is 5.69 Å². The van der Waals surface area contributed by atoms with Crippen molar-refractivity contribution in [2.24, 2.45) is 10.2 Å². The second kappa shape index (κ2) is 5.90. The maximum absolute atomic E-state index is 11.7. The lowest BCUT2D eigenvalue weighted by Crippen LogP contribution is -2.05. The molecule has 0 fully saturated rings. The first-order chi connectivity index (χ1) is 9.22. The molecule has 0 aliphatic heterocycles. The van der Waals surface area contributed by atoms with Crippen molar-refractivity contribution < 1.29 is 9.53 Å². The van der Waals surface area contributed by atoms with Crippen LogP contribution in [0.2, 0.25) is 0 Å². The molecule has 2 aromatic rings. The van der Waals surface area contributed by atoms with Crippen LogP contribution in [-0.4, -0.2) is 22.8 Å². The van der Waals surface area contributed by atoms with Crippen LogP contribution in [0.3, 0.4) is 0 Å². The molecule has 0 saturated heterocycles. The lowest BCUT2D eigenvalue weighted by molar-refractivity contribution is 0.0520. The Morgan fingerprint density at radius 1 is 1.32 bits per heavy atom. The summed E-state index contributed by atoms with van der Waals surface area (Å²) in [6.45, 7) is 3.80. The molecule has 1 aromatic carbocycles. The van der Waals surface area contributed by atoms with E-state index in [4.69, 9.17) is 4.74 Å². The molecule has 1 N–H and O–H groups in total. The van der Waals surface area contributed by atoms with E-state index < -0.39 is 5.97 Å². The van der Waals surface area contributed by atoms with Crippen molar-refractivity contribution >= 4 is 17.3 Å². The number of aromatic nitrogens is 2. The number of hydrogen-bond donors (Lipinski definition) is 1. The topological polar surface area (TPSA) is 79.7 Å². The molecule has 2 rings (SSSR count). The van der Waals surface area contributed by atoms with Gasteiger partial charge in [-0.25, -0.2) is 4.79 Å². The van der Waals surface area contributed by atoms with Gasteiger partial charge < -0.3 is 4.74 Å². The second-order valence-corrected chi connectivity index (χ2v) is 3.80. The van der Waals surface area contributed by atoms with Crippen molar-refractivity contribution in [2.75, 3.05) is 6.61 Å². The van der Waals surface area contributed by atoms with Crippen LogP contribution in [0.4, 0.5) is 11.4 Å². The number of esters is 1. The highest BCUT2D eigenvalue weighted by Gasteiger charge is 2.18. The van der Waals surface area contributed by atoms with Crippen LogP contribution < -0.4 is 0 Å². The Hall–Kier alpha value is -2.50. The SMILES string of the molecule is CCOC(=O)c1n[nH]c(C)c1N=Nc1ccccc1. The number of benzene rings is 1. The fourth-order valence-electron chi connectivity index (χ4n) is 1.49. The molecule has 1 aromatic heterocycles. The van der Waals surface area contributed by atoms with Crippen molar-refractivity contribution in [3.05, 3.63) is 41.7 Å². The molecular formula is C13H14N4O2. The van der Waals surface area contributed by atoms with Crippen LogP contribution in [0.25, 0.3) is 0 Å². The molecule has 0 radical (unpaired) electrons. The number of H-pyrrole nitrogens is 1. The van der Waals surface area contributed by atoms with Gasteiger partial charge in [-0.3, -0.25) is 5.10 Å². The number of carbonyl (C=O) groups excluding carboxylic acids is 1. The Balaban J connectivity index is 2.27. The number of aromatic amines is 1. The van der Waals surface area contributed by atoms with Gasteiger partial charge in [-0.15, -0.1) is 5.11 Å². The van der Waals surface area contributed by atoms with Gasteiger partial charge in [-0.05, 0) is 26.0 Å². The maximum Gasteiger partial charge on any atom is 0.361 e. The molecule has 1 heterocycles. The highest BCUT2D eigenvalue weighted by Crippen LogP contribution is 2.24. The summed E-state index contributed by atoms with van der Waals surface area (Å²) in [6, 6.07) is 9.27. The first-order valence-corrected chi connectivity index (χ1v) is 5.91. The van der Waals surface area contributed by atoms with Crippen molar-refractivity contribution in [3.63, 3.8) is 0 Å². The van der Waals surface area contributed by atoms with Gasteiger partial charge in [-0.2, -0.15) is 10.2 Å². The Morgan fingerprint density at radius 2 is 2.05 bits per heavy atom. The lowest BCUT2D eigenvalue weighted by atomic mass is 10.3. The summed E-state index contributed by atoms with van der Waals surface area (Å²) in [7, 11) is 0.